The third kappa shape index (κ3) is 4.97. The molecule has 0 amide bonds. The molecule has 2 aromatic carbocycles. The summed E-state index contributed by atoms with van der Waals surface area (Å²) in [5.74, 6) is 2.31. The lowest BCUT2D eigenvalue weighted by atomic mass is 9.77. The minimum absolute atomic E-state index is 0.722. The summed E-state index contributed by atoms with van der Waals surface area (Å²) in [5.41, 5.74) is 3.37. The number of benzene rings is 2. The molecule has 0 spiro atoms. The van der Waals surface area contributed by atoms with Crippen molar-refractivity contribution in [1.82, 2.24) is 0 Å². The molecule has 1 saturated carbocycles. The Balaban J connectivity index is 2.28. The van der Waals surface area contributed by atoms with Crippen molar-refractivity contribution in [3.8, 4) is 0 Å². The zero-order valence-electron chi connectivity index (χ0n) is 19.6. The number of hydrogen-bond acceptors (Lipinski definition) is 0. The molecule has 2 aromatic rings. The van der Waals surface area contributed by atoms with Crippen molar-refractivity contribution < 1.29 is 0 Å². The fraction of sp³-hybridized carbons (Fsp3) is 0.448. The van der Waals surface area contributed by atoms with E-state index >= 15 is 0 Å². The number of hydrogen-bond donors (Lipinski definition) is 0. The topological polar surface area (TPSA) is 0 Å². The second-order valence-electron chi connectivity index (χ2n) is 9.93. The van der Waals surface area contributed by atoms with E-state index in [9.17, 15) is 0 Å². The van der Waals surface area contributed by atoms with Crippen molar-refractivity contribution in [3.05, 3.63) is 84.5 Å². The van der Waals surface area contributed by atoms with E-state index in [1.54, 1.807) is 10.6 Å². The second kappa shape index (κ2) is 10.1. The van der Waals surface area contributed by atoms with Crippen LogP contribution in [0.25, 0.3) is 0 Å². The summed E-state index contributed by atoms with van der Waals surface area (Å²) < 4.78 is 0. The van der Waals surface area contributed by atoms with E-state index in [0.29, 0.717) is 0 Å². The van der Waals surface area contributed by atoms with Crippen molar-refractivity contribution in [2.24, 2.45) is 17.8 Å². The zero-order valence-corrected chi connectivity index (χ0v) is 20.5. The van der Waals surface area contributed by atoms with Crippen molar-refractivity contribution in [1.29, 1.82) is 0 Å². The van der Waals surface area contributed by atoms with Crippen LogP contribution in [0.15, 0.2) is 84.5 Å². The van der Waals surface area contributed by atoms with Crippen molar-refractivity contribution >= 4 is 17.9 Å². The fourth-order valence-corrected chi connectivity index (χ4v) is 11.6. The smallest absolute Gasteiger partial charge is 0.0961 e. The van der Waals surface area contributed by atoms with Crippen LogP contribution in [0.3, 0.4) is 0 Å². The molecule has 0 aliphatic heterocycles. The predicted molar refractivity (Wildman–Crippen MR) is 138 cm³/mol. The largest absolute Gasteiger partial charge is 0.0998 e. The summed E-state index contributed by atoms with van der Waals surface area (Å²) >= 11 is 0. The van der Waals surface area contributed by atoms with Gasteiger partial charge in [0.25, 0.3) is 0 Å². The molecule has 1 aliphatic rings. The second-order valence-corrected chi connectivity index (χ2v) is 13.7. The molecule has 0 heterocycles. The first-order valence-electron chi connectivity index (χ1n) is 11.7. The normalized spacial score (nSPS) is 22.9. The first-order valence-corrected chi connectivity index (χ1v) is 13.7. The first-order chi connectivity index (χ1) is 14.3. The molecule has 160 valence electrons. The van der Waals surface area contributed by atoms with Crippen molar-refractivity contribution in [2.45, 2.75) is 59.5 Å². The van der Waals surface area contributed by atoms with E-state index in [4.69, 9.17) is 0 Å². The maximum atomic E-state index is 4.17. The summed E-state index contributed by atoms with van der Waals surface area (Å²) in [4.78, 5) is 0. The Labute approximate surface area is 185 Å². The van der Waals surface area contributed by atoms with Gasteiger partial charge in [0.2, 0.25) is 0 Å². The summed E-state index contributed by atoms with van der Waals surface area (Å²) in [6.45, 7) is 16.0. The van der Waals surface area contributed by atoms with Gasteiger partial charge >= 0.3 is 0 Å². The van der Waals surface area contributed by atoms with Crippen molar-refractivity contribution in [3.63, 3.8) is 0 Å². The minimum Gasteiger partial charge on any atom is -0.0961 e. The first kappa shape index (κ1) is 23.0. The monoisotopic (exact) mass is 419 g/mol. The van der Waals surface area contributed by atoms with Crippen molar-refractivity contribution in [2.75, 3.05) is 6.16 Å². The molecule has 1 aliphatic carbocycles. The molecule has 3 rings (SSSR count). The van der Waals surface area contributed by atoms with Gasteiger partial charge in [0.05, 0.1) is 29.7 Å². The molecule has 1 heteroatoms. The van der Waals surface area contributed by atoms with Gasteiger partial charge in [-0.15, -0.1) is 0 Å². The van der Waals surface area contributed by atoms with Gasteiger partial charge in [-0.2, -0.15) is 0 Å². The van der Waals surface area contributed by atoms with E-state index < -0.39 is 7.26 Å². The standard InChI is InChI=1S/C29H40P/c1-22(2)19-25(6)21-30(26-13-9-7-10-14-26,27-15-11-8-12-16-27)29-20-24(5)17-18-28(29)23(3)4/h7-16,19,23-24,28-29H,1,17-18,20-21H2,2-6H3/q+1/b25-19-/t24-,28+,29+/m1/s1. The maximum absolute atomic E-state index is 4.17. The van der Waals surface area contributed by atoms with E-state index in [2.05, 4.69) is 108 Å². The van der Waals surface area contributed by atoms with Crippen LogP contribution in [0.1, 0.15) is 53.9 Å². The quantitative estimate of drug-likeness (QED) is 0.319. The SMILES string of the molecule is C=C(C)/C=C(/C)C[P+](c1ccccc1)(c1ccccc1)[C@H]1C[C@H](C)CC[C@H]1C(C)C. The van der Waals surface area contributed by atoms with Gasteiger partial charge in [-0.05, 0) is 74.3 Å². The van der Waals surface area contributed by atoms with E-state index in [0.717, 1.165) is 35.1 Å². The van der Waals surface area contributed by atoms with Crippen LogP contribution >= 0.6 is 7.26 Å². The van der Waals surface area contributed by atoms with Gasteiger partial charge in [-0.1, -0.05) is 81.8 Å². The Bertz CT molecular complexity index is 807. The summed E-state index contributed by atoms with van der Waals surface area (Å²) in [6, 6.07) is 23.0. The van der Waals surface area contributed by atoms with E-state index in [1.165, 1.54) is 24.8 Å². The molecule has 30 heavy (non-hydrogen) atoms. The summed E-state index contributed by atoms with van der Waals surface area (Å²) in [7, 11) is -1.65. The summed E-state index contributed by atoms with van der Waals surface area (Å²) in [5, 5.41) is 3.16. The lowest BCUT2D eigenvalue weighted by Gasteiger charge is -2.44. The van der Waals surface area contributed by atoms with Crippen LogP contribution in [0.4, 0.5) is 0 Å². The molecule has 0 bridgehead atoms. The van der Waals surface area contributed by atoms with Crippen LogP contribution in [-0.4, -0.2) is 11.8 Å². The molecule has 1 fully saturated rings. The van der Waals surface area contributed by atoms with Gasteiger partial charge in [0.1, 0.15) is 0 Å². The highest BCUT2D eigenvalue weighted by atomic mass is 31.2. The molecule has 0 N–H and O–H groups in total. The van der Waals surface area contributed by atoms with Crippen LogP contribution in [0.2, 0.25) is 0 Å². The lowest BCUT2D eigenvalue weighted by Crippen LogP contribution is -2.42. The van der Waals surface area contributed by atoms with Gasteiger partial charge in [-0.3, -0.25) is 0 Å². The predicted octanol–water partition coefficient (Wildman–Crippen LogP) is 7.64. The van der Waals surface area contributed by atoms with Crippen LogP contribution in [0, 0.1) is 17.8 Å². The van der Waals surface area contributed by atoms with Crippen LogP contribution in [-0.2, 0) is 0 Å². The number of rotatable bonds is 7. The zero-order chi connectivity index (χ0) is 21.7. The molecule has 0 unspecified atom stereocenters. The van der Waals surface area contributed by atoms with E-state index in [-0.39, 0.29) is 0 Å². The third-order valence-corrected chi connectivity index (χ3v) is 12.1. The lowest BCUT2D eigenvalue weighted by molar-refractivity contribution is 0.240. The van der Waals surface area contributed by atoms with Crippen LogP contribution < -0.4 is 10.6 Å². The Morgan fingerprint density at radius 3 is 1.97 bits per heavy atom. The Hall–Kier alpha value is -1.65. The Morgan fingerprint density at radius 2 is 1.50 bits per heavy atom. The average Bonchev–Trinajstić information content (AvgIpc) is 2.72. The highest BCUT2D eigenvalue weighted by molar-refractivity contribution is 7.90. The Kier molecular flexibility index (Phi) is 7.75. The van der Waals surface area contributed by atoms with E-state index in [1.807, 2.05) is 0 Å². The summed E-state index contributed by atoms with van der Waals surface area (Å²) in [6.07, 6.45) is 7.57. The molecular weight excluding hydrogens is 379 g/mol. The molecule has 0 nitrogen and oxygen atoms in total. The number of allylic oxidation sites excluding steroid dienone is 3. The molecular formula is C29H40P+. The molecule has 0 saturated heterocycles. The average molecular weight is 420 g/mol. The fourth-order valence-electron chi connectivity index (χ4n) is 5.74. The highest BCUT2D eigenvalue weighted by Crippen LogP contribution is 2.67. The maximum Gasteiger partial charge on any atom is 0.0998 e. The highest BCUT2D eigenvalue weighted by Gasteiger charge is 2.54. The van der Waals surface area contributed by atoms with Gasteiger partial charge in [0, 0.05) is 0 Å². The van der Waals surface area contributed by atoms with Gasteiger partial charge in [-0.25, -0.2) is 0 Å². The van der Waals surface area contributed by atoms with Gasteiger partial charge in [0.15, 0.2) is 0 Å². The Morgan fingerprint density at radius 1 is 0.967 bits per heavy atom. The third-order valence-electron chi connectivity index (χ3n) is 6.98. The molecule has 0 aromatic heterocycles. The molecule has 3 atom stereocenters. The van der Waals surface area contributed by atoms with Gasteiger partial charge < -0.3 is 0 Å². The molecule has 0 radical (unpaired) electrons. The van der Waals surface area contributed by atoms with Crippen LogP contribution in [0.5, 0.6) is 0 Å². The minimum atomic E-state index is -1.65.